The Balaban J connectivity index is 2.01. The highest BCUT2D eigenvalue weighted by Gasteiger charge is 2.64. The zero-order valence-corrected chi connectivity index (χ0v) is 21.5. The standard InChI is InChI=1S/C28H30F4N2O4/c1-4-38-23(35)17-26(21(18-33)24-19(2)9-8-12-22(24)29)13-15-34(16-14-26)25(36)27(37-3,28(30,31)32)20-10-6-5-7-11-20/h5-12,21H,4,13-17H2,1-3H3/t21?,27-/m1/s1. The van der Waals surface area contributed by atoms with Gasteiger partial charge in [-0.1, -0.05) is 42.5 Å². The van der Waals surface area contributed by atoms with Crippen molar-refractivity contribution >= 4 is 11.9 Å². The molecule has 204 valence electrons. The van der Waals surface area contributed by atoms with Gasteiger partial charge in [0.2, 0.25) is 0 Å². The molecule has 2 aromatic rings. The van der Waals surface area contributed by atoms with Crippen LogP contribution in [-0.4, -0.2) is 49.8 Å². The third-order valence-electron chi connectivity index (χ3n) is 7.34. The molecular weight excluding hydrogens is 504 g/mol. The fourth-order valence-corrected chi connectivity index (χ4v) is 5.37. The fourth-order valence-electron chi connectivity index (χ4n) is 5.37. The molecule has 6 nitrogen and oxygen atoms in total. The van der Waals surface area contributed by atoms with Gasteiger partial charge in [0.1, 0.15) is 5.82 Å². The number of likely N-dealkylation sites (tertiary alicyclic amines) is 1. The fraction of sp³-hybridized carbons (Fsp3) is 0.464. The average Bonchev–Trinajstić information content (AvgIpc) is 2.87. The molecule has 3 rings (SSSR count). The molecule has 1 amide bonds. The minimum Gasteiger partial charge on any atom is -0.466 e. The number of esters is 1. The summed E-state index contributed by atoms with van der Waals surface area (Å²) < 4.78 is 68.3. The maximum Gasteiger partial charge on any atom is 0.430 e. The summed E-state index contributed by atoms with van der Waals surface area (Å²) in [6, 6.07) is 13.2. The van der Waals surface area contributed by atoms with E-state index in [-0.39, 0.29) is 50.1 Å². The van der Waals surface area contributed by atoms with Crippen molar-refractivity contribution in [2.75, 3.05) is 26.8 Å². The van der Waals surface area contributed by atoms with Crippen LogP contribution >= 0.6 is 0 Å². The molecule has 10 heteroatoms. The molecule has 0 spiro atoms. The predicted octanol–water partition coefficient (Wildman–Crippen LogP) is 5.41. The smallest absolute Gasteiger partial charge is 0.430 e. The van der Waals surface area contributed by atoms with Crippen molar-refractivity contribution in [1.82, 2.24) is 4.90 Å². The van der Waals surface area contributed by atoms with Crippen LogP contribution in [0.5, 0.6) is 0 Å². The number of carbonyl (C=O) groups excluding carboxylic acids is 2. The normalized spacial score (nSPS) is 17.7. The summed E-state index contributed by atoms with van der Waals surface area (Å²) in [4.78, 5) is 27.2. The topological polar surface area (TPSA) is 79.6 Å². The Morgan fingerprint density at radius 3 is 2.24 bits per heavy atom. The van der Waals surface area contributed by atoms with Gasteiger partial charge in [-0.15, -0.1) is 0 Å². The Morgan fingerprint density at radius 1 is 1.11 bits per heavy atom. The lowest BCUT2D eigenvalue weighted by Crippen LogP contribution is -2.59. The van der Waals surface area contributed by atoms with Crippen molar-refractivity contribution in [2.24, 2.45) is 5.41 Å². The molecule has 1 heterocycles. The van der Waals surface area contributed by atoms with E-state index in [1.807, 2.05) is 0 Å². The number of nitrogens with zero attached hydrogens (tertiary/aromatic N) is 2. The van der Waals surface area contributed by atoms with Crippen LogP contribution in [0.15, 0.2) is 48.5 Å². The van der Waals surface area contributed by atoms with Gasteiger partial charge >= 0.3 is 12.1 Å². The SMILES string of the molecule is CCOC(=O)CC1(C(C#N)c2c(C)cccc2F)CCN(C(=O)[C@](OC)(c2ccccc2)C(F)(F)F)CC1. The molecule has 1 aliphatic heterocycles. The summed E-state index contributed by atoms with van der Waals surface area (Å²) in [5.74, 6) is -3.60. The molecule has 0 saturated carbocycles. The summed E-state index contributed by atoms with van der Waals surface area (Å²) in [5, 5.41) is 10.2. The molecule has 38 heavy (non-hydrogen) atoms. The molecule has 0 radical (unpaired) electrons. The minimum absolute atomic E-state index is 0.0179. The second kappa shape index (κ2) is 11.5. The monoisotopic (exact) mass is 534 g/mol. The number of aryl methyl sites for hydroxylation is 1. The highest BCUT2D eigenvalue weighted by Crippen LogP contribution is 2.50. The summed E-state index contributed by atoms with van der Waals surface area (Å²) in [6.07, 6.45) is -5.35. The molecule has 0 aromatic heterocycles. The highest BCUT2D eigenvalue weighted by molar-refractivity contribution is 5.88. The number of hydrogen-bond donors (Lipinski definition) is 0. The lowest BCUT2D eigenvalue weighted by Gasteiger charge is -2.46. The number of ether oxygens (including phenoxy) is 2. The molecule has 0 N–H and O–H groups in total. The highest BCUT2D eigenvalue weighted by atomic mass is 19.4. The van der Waals surface area contributed by atoms with Gasteiger partial charge in [0, 0.05) is 36.7 Å². The molecule has 2 atom stereocenters. The molecule has 0 aliphatic carbocycles. The number of methoxy groups -OCH3 is 1. The Labute approximate surface area is 219 Å². The molecule has 1 unspecified atom stereocenters. The molecule has 1 saturated heterocycles. The van der Waals surface area contributed by atoms with E-state index < -0.39 is 40.8 Å². The predicted molar refractivity (Wildman–Crippen MR) is 130 cm³/mol. The number of benzene rings is 2. The number of hydrogen-bond acceptors (Lipinski definition) is 5. The second-order valence-corrected chi connectivity index (χ2v) is 9.42. The number of amides is 1. The Hall–Kier alpha value is -3.45. The van der Waals surface area contributed by atoms with Crippen LogP contribution in [0.2, 0.25) is 0 Å². The van der Waals surface area contributed by atoms with E-state index in [9.17, 15) is 32.4 Å². The number of halogens is 4. The van der Waals surface area contributed by atoms with Gasteiger partial charge in [-0.3, -0.25) is 9.59 Å². The molecule has 1 fully saturated rings. The van der Waals surface area contributed by atoms with Crippen LogP contribution in [0.1, 0.15) is 48.8 Å². The first-order chi connectivity index (χ1) is 18.0. The minimum atomic E-state index is -5.07. The van der Waals surface area contributed by atoms with E-state index in [1.165, 1.54) is 42.5 Å². The zero-order chi connectivity index (χ0) is 28.1. The lowest BCUT2D eigenvalue weighted by molar-refractivity contribution is -0.271. The van der Waals surface area contributed by atoms with Gasteiger partial charge in [0.25, 0.3) is 11.5 Å². The summed E-state index contributed by atoms with van der Waals surface area (Å²) in [6.45, 7) is 2.97. The first-order valence-corrected chi connectivity index (χ1v) is 12.2. The number of carbonyl (C=O) groups is 2. The van der Waals surface area contributed by atoms with Crippen LogP contribution in [0.4, 0.5) is 17.6 Å². The maximum absolute atomic E-state index is 15.0. The average molecular weight is 535 g/mol. The Kier molecular flexibility index (Phi) is 8.82. The Bertz CT molecular complexity index is 1170. The number of piperidine rings is 1. The zero-order valence-electron chi connectivity index (χ0n) is 21.5. The van der Waals surface area contributed by atoms with Crippen molar-refractivity contribution in [3.63, 3.8) is 0 Å². The van der Waals surface area contributed by atoms with Crippen LogP contribution in [0, 0.1) is 29.5 Å². The quantitative estimate of drug-likeness (QED) is 0.334. The molecular formula is C28H30F4N2O4. The number of nitriles is 1. The lowest BCUT2D eigenvalue weighted by atomic mass is 9.64. The van der Waals surface area contributed by atoms with Gasteiger partial charge in [-0.2, -0.15) is 18.4 Å². The molecule has 1 aliphatic rings. The first kappa shape index (κ1) is 29.1. The van der Waals surface area contributed by atoms with E-state index in [2.05, 4.69) is 6.07 Å². The van der Waals surface area contributed by atoms with Crippen LogP contribution in [-0.2, 0) is 24.7 Å². The van der Waals surface area contributed by atoms with Gasteiger partial charge < -0.3 is 14.4 Å². The van der Waals surface area contributed by atoms with Crippen molar-refractivity contribution < 1.29 is 36.6 Å². The van der Waals surface area contributed by atoms with Gasteiger partial charge in [0.15, 0.2) is 0 Å². The molecule has 0 bridgehead atoms. The third kappa shape index (κ3) is 5.25. The van der Waals surface area contributed by atoms with Crippen LogP contribution < -0.4 is 0 Å². The van der Waals surface area contributed by atoms with Crippen molar-refractivity contribution in [2.45, 2.75) is 50.8 Å². The Morgan fingerprint density at radius 2 is 1.74 bits per heavy atom. The van der Waals surface area contributed by atoms with E-state index in [4.69, 9.17) is 9.47 Å². The number of alkyl halides is 3. The second-order valence-electron chi connectivity index (χ2n) is 9.42. The van der Waals surface area contributed by atoms with E-state index in [0.717, 1.165) is 12.0 Å². The van der Waals surface area contributed by atoms with E-state index in [1.54, 1.807) is 19.9 Å². The largest absolute Gasteiger partial charge is 0.466 e. The summed E-state index contributed by atoms with van der Waals surface area (Å²) in [5.41, 5.74) is -4.11. The van der Waals surface area contributed by atoms with E-state index >= 15 is 0 Å². The molecule has 2 aromatic carbocycles. The van der Waals surface area contributed by atoms with Crippen molar-refractivity contribution in [1.29, 1.82) is 5.26 Å². The van der Waals surface area contributed by atoms with Crippen molar-refractivity contribution in [3.05, 3.63) is 71.0 Å². The summed E-state index contributed by atoms with van der Waals surface area (Å²) in [7, 11) is 0.833. The van der Waals surface area contributed by atoms with Gasteiger partial charge in [-0.25, -0.2) is 4.39 Å². The third-order valence-corrected chi connectivity index (χ3v) is 7.34. The van der Waals surface area contributed by atoms with Crippen LogP contribution in [0.25, 0.3) is 0 Å². The summed E-state index contributed by atoms with van der Waals surface area (Å²) >= 11 is 0. The van der Waals surface area contributed by atoms with Gasteiger partial charge in [-0.05, 0) is 38.3 Å². The number of rotatable bonds is 8. The van der Waals surface area contributed by atoms with Crippen molar-refractivity contribution in [3.8, 4) is 6.07 Å². The maximum atomic E-state index is 15.0. The van der Waals surface area contributed by atoms with E-state index in [0.29, 0.717) is 5.56 Å². The van der Waals surface area contributed by atoms with Crippen LogP contribution in [0.3, 0.4) is 0 Å². The first-order valence-electron chi connectivity index (χ1n) is 12.2. The van der Waals surface area contributed by atoms with Gasteiger partial charge in [0.05, 0.1) is 25.0 Å².